The Bertz CT molecular complexity index is 636. The third-order valence-electron chi connectivity index (χ3n) is 2.40. The zero-order chi connectivity index (χ0) is 13.2. The molecule has 1 heterocycles. The molecule has 0 aliphatic carbocycles. The molecule has 0 aliphatic heterocycles. The minimum absolute atomic E-state index is 0.150. The van der Waals surface area contributed by atoms with Gasteiger partial charge < -0.3 is 11.1 Å². The number of nitrogens with one attached hydrogen (secondary N) is 1. The van der Waals surface area contributed by atoms with Crippen molar-refractivity contribution in [2.75, 3.05) is 17.3 Å². The summed E-state index contributed by atoms with van der Waals surface area (Å²) in [5.41, 5.74) is 8.47. The molecule has 18 heavy (non-hydrogen) atoms. The Morgan fingerprint density at radius 3 is 2.83 bits per heavy atom. The minimum Gasteiger partial charge on any atom is -0.396 e. The first-order valence-corrected chi connectivity index (χ1v) is 7.95. The number of aromatic nitrogens is 1. The van der Waals surface area contributed by atoms with Crippen molar-refractivity contribution < 1.29 is 8.42 Å². The molecule has 0 bridgehead atoms. The lowest BCUT2D eigenvalue weighted by molar-refractivity contribution is 0.602. The predicted molar refractivity (Wildman–Crippen MR) is 73.4 cm³/mol. The smallest absolute Gasteiger partial charge is 0.177 e. The quantitative estimate of drug-likeness (QED) is 0.835. The van der Waals surface area contributed by atoms with Crippen molar-refractivity contribution in [2.45, 2.75) is 11.4 Å². The van der Waals surface area contributed by atoms with Crippen molar-refractivity contribution in [1.29, 1.82) is 0 Å². The van der Waals surface area contributed by atoms with Gasteiger partial charge in [-0.15, -0.1) is 11.3 Å². The molecule has 0 spiro atoms. The van der Waals surface area contributed by atoms with Gasteiger partial charge in [0.15, 0.2) is 9.84 Å². The molecule has 0 radical (unpaired) electrons. The Kier molecular flexibility index (Phi) is 3.53. The standard InChI is InChI=1S/C11H13N3O2S2/c1-18(15,16)10-4-2-3-9(11(10)12)14-6-8-5-13-7-17-8/h2-5,7,14H,6,12H2,1H3. The Labute approximate surface area is 110 Å². The van der Waals surface area contributed by atoms with Gasteiger partial charge in [0.25, 0.3) is 0 Å². The molecule has 2 aromatic rings. The van der Waals surface area contributed by atoms with Crippen molar-refractivity contribution in [1.82, 2.24) is 4.98 Å². The first kappa shape index (κ1) is 12.8. The second kappa shape index (κ2) is 4.95. The van der Waals surface area contributed by atoms with Crippen LogP contribution in [0.15, 0.2) is 34.8 Å². The molecule has 0 atom stereocenters. The van der Waals surface area contributed by atoms with Crippen LogP contribution in [0.1, 0.15) is 4.88 Å². The van der Waals surface area contributed by atoms with E-state index in [0.717, 1.165) is 11.1 Å². The SMILES string of the molecule is CS(=O)(=O)c1cccc(NCc2cncs2)c1N. The fourth-order valence-electron chi connectivity index (χ4n) is 1.53. The molecular formula is C11H13N3O2S2. The summed E-state index contributed by atoms with van der Waals surface area (Å²) in [5, 5.41) is 3.11. The van der Waals surface area contributed by atoms with Gasteiger partial charge in [-0.2, -0.15) is 0 Å². The van der Waals surface area contributed by atoms with Gasteiger partial charge in [-0.05, 0) is 12.1 Å². The molecule has 2 rings (SSSR count). The second-order valence-electron chi connectivity index (χ2n) is 3.81. The highest BCUT2D eigenvalue weighted by Crippen LogP contribution is 2.27. The first-order chi connectivity index (χ1) is 8.48. The fraction of sp³-hybridized carbons (Fsp3) is 0.182. The molecule has 0 saturated heterocycles. The molecule has 0 saturated carbocycles. The summed E-state index contributed by atoms with van der Waals surface area (Å²) in [6, 6.07) is 4.93. The normalized spacial score (nSPS) is 11.4. The average molecular weight is 283 g/mol. The number of nitrogens with two attached hydrogens (primary N) is 1. The van der Waals surface area contributed by atoms with Crippen LogP contribution in [-0.2, 0) is 16.4 Å². The monoisotopic (exact) mass is 283 g/mol. The van der Waals surface area contributed by atoms with Gasteiger partial charge in [-0.3, -0.25) is 4.98 Å². The highest BCUT2D eigenvalue weighted by Gasteiger charge is 2.13. The van der Waals surface area contributed by atoms with Crippen LogP contribution in [0, 0.1) is 0 Å². The highest BCUT2D eigenvalue weighted by atomic mass is 32.2. The lowest BCUT2D eigenvalue weighted by Crippen LogP contribution is -2.07. The van der Waals surface area contributed by atoms with E-state index in [0.29, 0.717) is 12.2 Å². The number of hydrogen-bond acceptors (Lipinski definition) is 6. The van der Waals surface area contributed by atoms with E-state index in [9.17, 15) is 8.42 Å². The second-order valence-corrected chi connectivity index (χ2v) is 6.77. The number of nitrogens with zero attached hydrogens (tertiary/aromatic N) is 1. The summed E-state index contributed by atoms with van der Waals surface area (Å²) in [5.74, 6) is 0. The van der Waals surface area contributed by atoms with Gasteiger partial charge in [0.2, 0.25) is 0 Å². The van der Waals surface area contributed by atoms with E-state index in [1.54, 1.807) is 23.8 Å². The maximum Gasteiger partial charge on any atom is 0.177 e. The lowest BCUT2D eigenvalue weighted by Gasteiger charge is -2.11. The lowest BCUT2D eigenvalue weighted by atomic mass is 10.2. The third kappa shape index (κ3) is 2.80. The van der Waals surface area contributed by atoms with Crippen molar-refractivity contribution >= 4 is 32.5 Å². The van der Waals surface area contributed by atoms with Crippen molar-refractivity contribution in [2.24, 2.45) is 0 Å². The van der Waals surface area contributed by atoms with Gasteiger partial charge in [0.1, 0.15) is 0 Å². The number of rotatable bonds is 4. The predicted octanol–water partition coefficient (Wildman–Crippen LogP) is 1.74. The number of hydrogen-bond donors (Lipinski definition) is 2. The molecule has 3 N–H and O–H groups in total. The summed E-state index contributed by atoms with van der Waals surface area (Å²) in [6.07, 6.45) is 2.90. The van der Waals surface area contributed by atoms with Gasteiger partial charge in [0.05, 0.1) is 28.3 Å². The molecule has 0 unspecified atom stereocenters. The third-order valence-corrected chi connectivity index (χ3v) is 4.34. The molecule has 0 aliphatic rings. The molecule has 5 nitrogen and oxygen atoms in total. The summed E-state index contributed by atoms with van der Waals surface area (Å²) in [4.78, 5) is 5.17. The van der Waals surface area contributed by atoms with Crippen molar-refractivity contribution in [3.05, 3.63) is 34.8 Å². The van der Waals surface area contributed by atoms with E-state index in [4.69, 9.17) is 5.73 Å². The highest BCUT2D eigenvalue weighted by molar-refractivity contribution is 7.90. The minimum atomic E-state index is -3.30. The Balaban J connectivity index is 2.24. The number of para-hydroxylation sites is 1. The van der Waals surface area contributed by atoms with Crippen LogP contribution in [0.4, 0.5) is 11.4 Å². The topological polar surface area (TPSA) is 85.1 Å². The Morgan fingerprint density at radius 2 is 2.22 bits per heavy atom. The van der Waals surface area contributed by atoms with Crippen LogP contribution >= 0.6 is 11.3 Å². The van der Waals surface area contributed by atoms with Gasteiger partial charge in [-0.1, -0.05) is 6.07 Å². The molecule has 96 valence electrons. The van der Waals surface area contributed by atoms with Gasteiger partial charge >= 0.3 is 0 Å². The molecule has 0 fully saturated rings. The largest absolute Gasteiger partial charge is 0.396 e. The van der Waals surface area contributed by atoms with E-state index in [1.807, 2.05) is 0 Å². The van der Waals surface area contributed by atoms with Crippen molar-refractivity contribution in [3.63, 3.8) is 0 Å². The molecule has 0 amide bonds. The molecular weight excluding hydrogens is 270 g/mol. The summed E-state index contributed by atoms with van der Waals surface area (Å²) >= 11 is 1.53. The van der Waals surface area contributed by atoms with Crippen LogP contribution in [-0.4, -0.2) is 19.7 Å². The first-order valence-electron chi connectivity index (χ1n) is 5.18. The van der Waals surface area contributed by atoms with Crippen LogP contribution in [0.3, 0.4) is 0 Å². The summed E-state index contributed by atoms with van der Waals surface area (Å²) in [6.45, 7) is 0.572. The van der Waals surface area contributed by atoms with E-state index in [2.05, 4.69) is 10.3 Å². The van der Waals surface area contributed by atoms with E-state index >= 15 is 0 Å². The number of nitrogen functional groups attached to an aromatic ring is 1. The maximum absolute atomic E-state index is 11.5. The van der Waals surface area contributed by atoms with Crippen LogP contribution in [0.2, 0.25) is 0 Å². The average Bonchev–Trinajstić information content (AvgIpc) is 2.79. The van der Waals surface area contributed by atoms with E-state index in [-0.39, 0.29) is 10.6 Å². The van der Waals surface area contributed by atoms with Crippen LogP contribution in [0.5, 0.6) is 0 Å². The molecule has 1 aromatic heterocycles. The Hall–Kier alpha value is -1.60. The molecule has 1 aromatic carbocycles. The number of anilines is 2. The number of sulfone groups is 1. The zero-order valence-corrected chi connectivity index (χ0v) is 11.4. The summed E-state index contributed by atoms with van der Waals surface area (Å²) < 4.78 is 23.0. The van der Waals surface area contributed by atoms with Gasteiger partial charge in [-0.25, -0.2) is 8.42 Å². The van der Waals surface area contributed by atoms with E-state index in [1.165, 1.54) is 17.4 Å². The summed E-state index contributed by atoms with van der Waals surface area (Å²) in [7, 11) is -3.30. The Morgan fingerprint density at radius 1 is 1.44 bits per heavy atom. The van der Waals surface area contributed by atoms with E-state index < -0.39 is 9.84 Å². The molecule has 7 heteroatoms. The van der Waals surface area contributed by atoms with Crippen LogP contribution in [0.25, 0.3) is 0 Å². The van der Waals surface area contributed by atoms with Crippen LogP contribution < -0.4 is 11.1 Å². The van der Waals surface area contributed by atoms with Gasteiger partial charge in [0, 0.05) is 17.3 Å². The fourth-order valence-corrected chi connectivity index (χ4v) is 2.90. The number of thiazole rings is 1. The zero-order valence-electron chi connectivity index (χ0n) is 9.75. The van der Waals surface area contributed by atoms with Crippen molar-refractivity contribution in [3.8, 4) is 0 Å². The maximum atomic E-state index is 11.5. The number of benzene rings is 1.